The molecular weight excluding hydrogens is 314 g/mol. The second-order valence-electron chi connectivity index (χ2n) is 6.55. The third kappa shape index (κ3) is 4.53. The van der Waals surface area contributed by atoms with Gasteiger partial charge in [0.2, 0.25) is 5.91 Å². The number of anilines is 1. The van der Waals surface area contributed by atoms with Gasteiger partial charge in [0, 0.05) is 23.5 Å². The molecule has 6 nitrogen and oxygen atoms in total. The standard InChI is InChI=1S/C16H25N3O3S/c1-10-11(2)15(23-12(10)3)18-13(20)8-19-6-5-16(4,9-19)17-7-14(21)22/h17H,5-9H2,1-4H3,(H,18,20)(H,21,22). The molecule has 1 amide bonds. The van der Waals surface area contributed by atoms with E-state index >= 15 is 0 Å². The Balaban J connectivity index is 1.87. The summed E-state index contributed by atoms with van der Waals surface area (Å²) in [5, 5.41) is 15.8. The number of nitrogens with zero attached hydrogens (tertiary/aromatic N) is 1. The zero-order valence-corrected chi connectivity index (χ0v) is 15.0. The van der Waals surface area contributed by atoms with Crippen molar-refractivity contribution >= 4 is 28.2 Å². The molecule has 3 N–H and O–H groups in total. The lowest BCUT2D eigenvalue weighted by Crippen LogP contribution is -2.47. The molecule has 23 heavy (non-hydrogen) atoms. The summed E-state index contributed by atoms with van der Waals surface area (Å²) in [5.74, 6) is -0.877. The van der Waals surface area contributed by atoms with Crippen LogP contribution in [-0.4, -0.2) is 53.6 Å². The van der Waals surface area contributed by atoms with E-state index in [0.717, 1.165) is 23.5 Å². The first-order valence-electron chi connectivity index (χ1n) is 7.76. The summed E-state index contributed by atoms with van der Waals surface area (Å²) in [4.78, 5) is 26.2. The van der Waals surface area contributed by atoms with E-state index in [2.05, 4.69) is 29.4 Å². The topological polar surface area (TPSA) is 81.7 Å². The second-order valence-corrected chi connectivity index (χ2v) is 7.78. The molecule has 1 aliphatic rings. The Hall–Kier alpha value is -1.44. The Kier molecular flexibility index (Phi) is 5.44. The summed E-state index contributed by atoms with van der Waals surface area (Å²) in [6.07, 6.45) is 0.837. The van der Waals surface area contributed by atoms with Gasteiger partial charge in [-0.15, -0.1) is 11.3 Å². The Bertz CT molecular complexity index is 614. The van der Waals surface area contributed by atoms with Crippen molar-refractivity contribution in [2.45, 2.75) is 39.7 Å². The molecule has 0 radical (unpaired) electrons. The van der Waals surface area contributed by atoms with Gasteiger partial charge in [0.05, 0.1) is 18.1 Å². The van der Waals surface area contributed by atoms with E-state index in [4.69, 9.17) is 5.11 Å². The van der Waals surface area contributed by atoms with Crippen molar-refractivity contribution in [3.8, 4) is 0 Å². The van der Waals surface area contributed by atoms with Gasteiger partial charge < -0.3 is 15.7 Å². The number of amides is 1. The lowest BCUT2D eigenvalue weighted by Gasteiger charge is -2.25. The number of carbonyl (C=O) groups excluding carboxylic acids is 1. The van der Waals surface area contributed by atoms with Crippen LogP contribution in [0, 0.1) is 20.8 Å². The molecule has 0 aliphatic carbocycles. The number of carbonyl (C=O) groups is 2. The third-order valence-electron chi connectivity index (χ3n) is 4.53. The molecule has 0 spiro atoms. The molecule has 1 aliphatic heterocycles. The summed E-state index contributed by atoms with van der Waals surface area (Å²) < 4.78 is 0. The number of nitrogens with one attached hydrogen (secondary N) is 2. The van der Waals surface area contributed by atoms with Gasteiger partial charge in [0.1, 0.15) is 0 Å². The largest absolute Gasteiger partial charge is 0.480 e. The monoisotopic (exact) mass is 339 g/mol. The average molecular weight is 339 g/mol. The van der Waals surface area contributed by atoms with E-state index in [9.17, 15) is 9.59 Å². The highest BCUT2D eigenvalue weighted by molar-refractivity contribution is 7.16. The average Bonchev–Trinajstić information content (AvgIpc) is 2.94. The van der Waals surface area contributed by atoms with Crippen LogP contribution in [0.15, 0.2) is 0 Å². The first kappa shape index (κ1) is 17.9. The summed E-state index contributed by atoms with van der Waals surface area (Å²) >= 11 is 1.61. The maximum absolute atomic E-state index is 12.3. The number of likely N-dealkylation sites (tertiary alicyclic amines) is 1. The highest BCUT2D eigenvalue weighted by Gasteiger charge is 2.34. The fourth-order valence-corrected chi connectivity index (χ4v) is 3.94. The van der Waals surface area contributed by atoms with Crippen LogP contribution in [0.25, 0.3) is 0 Å². The van der Waals surface area contributed by atoms with Gasteiger partial charge in [-0.2, -0.15) is 0 Å². The molecule has 1 atom stereocenters. The number of hydrogen-bond acceptors (Lipinski definition) is 5. The van der Waals surface area contributed by atoms with E-state index < -0.39 is 5.97 Å². The lowest BCUT2D eigenvalue weighted by atomic mass is 10.0. The number of aliphatic carboxylic acids is 1. The highest BCUT2D eigenvalue weighted by atomic mass is 32.1. The first-order valence-corrected chi connectivity index (χ1v) is 8.57. The van der Waals surface area contributed by atoms with Gasteiger partial charge >= 0.3 is 5.97 Å². The molecule has 0 saturated carbocycles. The third-order valence-corrected chi connectivity index (χ3v) is 5.75. The van der Waals surface area contributed by atoms with Crippen LogP contribution in [-0.2, 0) is 9.59 Å². The van der Waals surface area contributed by atoms with Crippen LogP contribution < -0.4 is 10.6 Å². The van der Waals surface area contributed by atoms with Crippen LogP contribution in [0.1, 0.15) is 29.3 Å². The quantitative estimate of drug-likeness (QED) is 0.736. The molecule has 2 rings (SSSR count). The predicted molar refractivity (Wildman–Crippen MR) is 92.3 cm³/mol. The molecule has 128 valence electrons. The number of hydrogen-bond donors (Lipinski definition) is 3. The molecule has 1 fully saturated rings. The van der Waals surface area contributed by atoms with Crippen molar-refractivity contribution in [1.29, 1.82) is 0 Å². The predicted octanol–water partition coefficient (Wildman–Crippen LogP) is 1.75. The number of rotatable bonds is 6. The number of thiophene rings is 1. The smallest absolute Gasteiger partial charge is 0.317 e. The SMILES string of the molecule is Cc1sc(NC(=O)CN2CCC(C)(NCC(=O)O)C2)c(C)c1C. The van der Waals surface area contributed by atoms with Crippen LogP contribution in [0.5, 0.6) is 0 Å². The van der Waals surface area contributed by atoms with Crippen molar-refractivity contribution in [3.05, 3.63) is 16.0 Å². The Labute approximate surface area is 140 Å². The first-order chi connectivity index (χ1) is 10.7. The number of aryl methyl sites for hydroxylation is 1. The van der Waals surface area contributed by atoms with E-state index in [1.54, 1.807) is 11.3 Å². The fourth-order valence-electron chi connectivity index (χ4n) is 2.85. The van der Waals surface area contributed by atoms with Gasteiger partial charge in [-0.25, -0.2) is 0 Å². The molecule has 1 aromatic rings. The fraction of sp³-hybridized carbons (Fsp3) is 0.625. The van der Waals surface area contributed by atoms with Crippen molar-refractivity contribution in [3.63, 3.8) is 0 Å². The molecular formula is C16H25N3O3S. The van der Waals surface area contributed by atoms with Gasteiger partial charge in [0.25, 0.3) is 0 Å². The van der Waals surface area contributed by atoms with Gasteiger partial charge in [-0.1, -0.05) is 0 Å². The van der Waals surface area contributed by atoms with Crippen LogP contribution in [0.4, 0.5) is 5.00 Å². The van der Waals surface area contributed by atoms with Crippen LogP contribution in [0.2, 0.25) is 0 Å². The maximum Gasteiger partial charge on any atom is 0.317 e. The normalized spacial score (nSPS) is 21.6. The Morgan fingerprint density at radius 2 is 2.00 bits per heavy atom. The van der Waals surface area contributed by atoms with E-state index in [1.165, 1.54) is 10.4 Å². The molecule has 1 saturated heterocycles. The molecule has 2 heterocycles. The van der Waals surface area contributed by atoms with E-state index in [1.807, 2.05) is 13.8 Å². The van der Waals surface area contributed by atoms with Gasteiger partial charge in [-0.3, -0.25) is 14.5 Å². The summed E-state index contributed by atoms with van der Waals surface area (Å²) in [6, 6.07) is 0. The minimum Gasteiger partial charge on any atom is -0.480 e. The highest BCUT2D eigenvalue weighted by Crippen LogP contribution is 2.31. The van der Waals surface area contributed by atoms with Crippen molar-refractivity contribution in [2.75, 3.05) is 31.5 Å². The van der Waals surface area contributed by atoms with Crippen molar-refractivity contribution in [1.82, 2.24) is 10.2 Å². The van der Waals surface area contributed by atoms with Gasteiger partial charge in [0.15, 0.2) is 0 Å². The Morgan fingerprint density at radius 1 is 1.30 bits per heavy atom. The number of carboxylic acid groups (broad SMARTS) is 1. The second kappa shape index (κ2) is 6.98. The number of carboxylic acids is 1. The summed E-state index contributed by atoms with van der Waals surface area (Å²) in [5.41, 5.74) is 2.12. The van der Waals surface area contributed by atoms with Gasteiger partial charge in [-0.05, 0) is 45.2 Å². The van der Waals surface area contributed by atoms with Crippen LogP contribution >= 0.6 is 11.3 Å². The lowest BCUT2D eigenvalue weighted by molar-refractivity contribution is -0.136. The summed E-state index contributed by atoms with van der Waals surface area (Å²) in [7, 11) is 0. The molecule has 0 bridgehead atoms. The van der Waals surface area contributed by atoms with Crippen LogP contribution in [0.3, 0.4) is 0 Å². The van der Waals surface area contributed by atoms with E-state index in [-0.39, 0.29) is 18.0 Å². The van der Waals surface area contributed by atoms with E-state index in [0.29, 0.717) is 13.1 Å². The minimum absolute atomic E-state index is 0.0168. The van der Waals surface area contributed by atoms with Crippen molar-refractivity contribution in [2.24, 2.45) is 0 Å². The zero-order chi connectivity index (χ0) is 17.2. The Morgan fingerprint density at radius 3 is 2.57 bits per heavy atom. The van der Waals surface area contributed by atoms with Crippen molar-refractivity contribution < 1.29 is 14.7 Å². The molecule has 1 aromatic heterocycles. The summed E-state index contributed by atoms with van der Waals surface area (Å²) in [6.45, 7) is 9.90. The minimum atomic E-state index is -0.860. The molecule has 0 aromatic carbocycles. The maximum atomic E-state index is 12.3. The zero-order valence-electron chi connectivity index (χ0n) is 14.2. The molecule has 1 unspecified atom stereocenters. The molecule has 7 heteroatoms.